The summed E-state index contributed by atoms with van der Waals surface area (Å²) in [6.45, 7) is 9.07. The van der Waals surface area contributed by atoms with Crippen LogP contribution in [0.2, 0.25) is 0 Å². The molecule has 0 N–H and O–H groups in total. The Labute approximate surface area is 176 Å². The van der Waals surface area contributed by atoms with Crippen molar-refractivity contribution in [3.8, 4) is 11.3 Å². The zero-order valence-electron chi connectivity index (χ0n) is 17.3. The third-order valence-electron chi connectivity index (χ3n) is 5.61. The molecule has 0 unspecified atom stereocenters. The summed E-state index contributed by atoms with van der Waals surface area (Å²) in [4.78, 5) is 23.5. The highest BCUT2D eigenvalue weighted by molar-refractivity contribution is 7.09. The van der Waals surface area contributed by atoms with Crippen LogP contribution in [-0.4, -0.2) is 33.7 Å². The molecule has 0 saturated carbocycles. The van der Waals surface area contributed by atoms with Crippen LogP contribution in [0.5, 0.6) is 0 Å². The summed E-state index contributed by atoms with van der Waals surface area (Å²) in [6.07, 6.45) is 3.04. The van der Waals surface area contributed by atoms with Crippen molar-refractivity contribution in [2.75, 3.05) is 13.1 Å². The van der Waals surface area contributed by atoms with Crippen molar-refractivity contribution in [1.29, 1.82) is 0 Å². The number of rotatable bonds is 6. The molecule has 1 aliphatic rings. The molecule has 2 aromatic heterocycles. The summed E-state index contributed by atoms with van der Waals surface area (Å²) < 4.78 is 0. The molecule has 0 bridgehead atoms. The predicted octanol–water partition coefficient (Wildman–Crippen LogP) is 5.52. The van der Waals surface area contributed by atoms with Crippen LogP contribution in [0.15, 0.2) is 48.0 Å². The SMILES string of the molecule is CC(=O)c1cccc(-c2cc([C@@H]3CCN(Cc4nc(C(C)C)cs4)C3)ccn2)c1. The van der Waals surface area contributed by atoms with Crippen LogP contribution in [0.1, 0.15) is 65.7 Å². The number of likely N-dealkylation sites (tertiary alicyclic amines) is 1. The van der Waals surface area contributed by atoms with Crippen LogP contribution in [0.25, 0.3) is 11.3 Å². The van der Waals surface area contributed by atoms with Crippen molar-refractivity contribution < 1.29 is 4.79 Å². The van der Waals surface area contributed by atoms with Gasteiger partial charge in [-0.15, -0.1) is 11.3 Å². The number of ketones is 1. The summed E-state index contributed by atoms with van der Waals surface area (Å²) in [5, 5.41) is 3.41. The molecule has 0 radical (unpaired) electrons. The van der Waals surface area contributed by atoms with Gasteiger partial charge in [-0.2, -0.15) is 0 Å². The summed E-state index contributed by atoms with van der Waals surface area (Å²) in [7, 11) is 0. The standard InChI is InChI=1S/C24H27N3OS/c1-16(2)23-15-29-24(26-23)14-27-10-8-21(13-27)19-7-9-25-22(12-19)20-6-4-5-18(11-20)17(3)28/h4-7,9,11-12,15-16,21H,8,10,13-14H2,1-3H3/t21-/m1/s1. The van der Waals surface area contributed by atoms with E-state index in [1.807, 2.05) is 30.5 Å². The van der Waals surface area contributed by atoms with Gasteiger partial charge in [0.05, 0.1) is 17.9 Å². The zero-order chi connectivity index (χ0) is 20.4. The van der Waals surface area contributed by atoms with Gasteiger partial charge in [0.2, 0.25) is 0 Å². The van der Waals surface area contributed by atoms with Gasteiger partial charge >= 0.3 is 0 Å². The van der Waals surface area contributed by atoms with Crippen molar-refractivity contribution in [2.45, 2.75) is 45.6 Å². The van der Waals surface area contributed by atoms with E-state index < -0.39 is 0 Å². The molecular formula is C24H27N3OS. The molecular weight excluding hydrogens is 378 g/mol. The lowest BCUT2D eigenvalue weighted by Crippen LogP contribution is -2.19. The second-order valence-corrected chi connectivity index (χ2v) is 9.10. The molecule has 3 heterocycles. The molecule has 150 valence electrons. The maximum Gasteiger partial charge on any atom is 0.159 e. The van der Waals surface area contributed by atoms with Gasteiger partial charge in [-0.3, -0.25) is 14.7 Å². The topological polar surface area (TPSA) is 46.1 Å². The number of carbonyl (C=O) groups is 1. The van der Waals surface area contributed by atoms with Gasteiger partial charge in [0.25, 0.3) is 0 Å². The van der Waals surface area contributed by atoms with Crippen molar-refractivity contribution in [3.05, 3.63) is 69.8 Å². The Kier molecular flexibility index (Phi) is 5.88. The Morgan fingerprint density at radius 3 is 2.90 bits per heavy atom. The first kappa shape index (κ1) is 19.9. The predicted molar refractivity (Wildman–Crippen MR) is 119 cm³/mol. The highest BCUT2D eigenvalue weighted by Crippen LogP contribution is 2.31. The Hall–Kier alpha value is -2.37. The molecule has 1 aromatic carbocycles. The number of pyridine rings is 1. The van der Waals surface area contributed by atoms with E-state index in [1.165, 1.54) is 16.3 Å². The minimum atomic E-state index is 0.0808. The van der Waals surface area contributed by atoms with E-state index in [1.54, 1.807) is 18.3 Å². The van der Waals surface area contributed by atoms with Crippen LogP contribution in [0, 0.1) is 0 Å². The quantitative estimate of drug-likeness (QED) is 0.507. The molecule has 0 amide bonds. The number of hydrogen-bond acceptors (Lipinski definition) is 5. The summed E-state index contributed by atoms with van der Waals surface area (Å²) in [6, 6.07) is 12.1. The Balaban J connectivity index is 1.46. The van der Waals surface area contributed by atoms with Crippen LogP contribution in [0.4, 0.5) is 0 Å². The van der Waals surface area contributed by atoms with E-state index in [9.17, 15) is 4.79 Å². The Bertz CT molecular complexity index is 1010. The number of Topliss-reactive ketones (excluding diaryl/α,β-unsaturated/α-hetero) is 1. The van der Waals surface area contributed by atoms with Gasteiger partial charge in [-0.25, -0.2) is 4.98 Å². The third kappa shape index (κ3) is 4.62. The van der Waals surface area contributed by atoms with E-state index in [0.29, 0.717) is 11.8 Å². The normalized spacial score (nSPS) is 17.2. The van der Waals surface area contributed by atoms with Crippen LogP contribution < -0.4 is 0 Å². The molecule has 29 heavy (non-hydrogen) atoms. The van der Waals surface area contributed by atoms with Crippen LogP contribution in [-0.2, 0) is 6.54 Å². The largest absolute Gasteiger partial charge is 0.296 e. The number of hydrogen-bond donors (Lipinski definition) is 0. The number of thiazole rings is 1. The molecule has 0 spiro atoms. The van der Waals surface area contributed by atoms with Gasteiger partial charge in [0.1, 0.15) is 5.01 Å². The number of benzene rings is 1. The summed E-state index contributed by atoms with van der Waals surface area (Å²) in [5.74, 6) is 1.08. The van der Waals surface area contributed by atoms with E-state index in [2.05, 4.69) is 41.2 Å². The number of nitrogens with zero attached hydrogens (tertiary/aromatic N) is 3. The average Bonchev–Trinajstić information content (AvgIpc) is 3.38. The molecule has 1 aliphatic heterocycles. The molecule has 4 nitrogen and oxygen atoms in total. The highest BCUT2D eigenvalue weighted by Gasteiger charge is 2.25. The third-order valence-corrected chi connectivity index (χ3v) is 6.46. The van der Waals surface area contributed by atoms with Crippen LogP contribution >= 0.6 is 11.3 Å². The van der Waals surface area contributed by atoms with Gasteiger partial charge in [0.15, 0.2) is 5.78 Å². The fourth-order valence-electron chi connectivity index (χ4n) is 3.86. The summed E-state index contributed by atoms with van der Waals surface area (Å²) >= 11 is 1.77. The van der Waals surface area contributed by atoms with E-state index in [0.717, 1.165) is 42.9 Å². The summed E-state index contributed by atoms with van der Waals surface area (Å²) in [5.41, 5.74) is 5.19. The minimum absolute atomic E-state index is 0.0808. The lowest BCUT2D eigenvalue weighted by Gasteiger charge is -2.15. The van der Waals surface area contributed by atoms with Crippen molar-refractivity contribution in [1.82, 2.24) is 14.9 Å². The highest BCUT2D eigenvalue weighted by atomic mass is 32.1. The maximum atomic E-state index is 11.7. The average molecular weight is 406 g/mol. The van der Waals surface area contributed by atoms with E-state index in [-0.39, 0.29) is 5.78 Å². The first-order valence-corrected chi connectivity index (χ1v) is 11.1. The first-order valence-electron chi connectivity index (χ1n) is 10.2. The fraction of sp³-hybridized carbons (Fsp3) is 0.375. The monoisotopic (exact) mass is 405 g/mol. The molecule has 1 saturated heterocycles. The lowest BCUT2D eigenvalue weighted by molar-refractivity contribution is 0.101. The molecule has 0 aliphatic carbocycles. The smallest absolute Gasteiger partial charge is 0.159 e. The van der Waals surface area contributed by atoms with Crippen molar-refractivity contribution in [3.63, 3.8) is 0 Å². The van der Waals surface area contributed by atoms with Crippen molar-refractivity contribution in [2.24, 2.45) is 0 Å². The van der Waals surface area contributed by atoms with E-state index >= 15 is 0 Å². The second kappa shape index (κ2) is 8.56. The lowest BCUT2D eigenvalue weighted by atomic mass is 9.97. The number of aromatic nitrogens is 2. The minimum Gasteiger partial charge on any atom is -0.296 e. The van der Waals surface area contributed by atoms with Gasteiger partial charge in [0, 0.05) is 29.2 Å². The molecule has 4 rings (SSSR count). The van der Waals surface area contributed by atoms with E-state index in [4.69, 9.17) is 4.98 Å². The molecule has 1 fully saturated rings. The first-order chi connectivity index (χ1) is 14.0. The Morgan fingerprint density at radius 2 is 2.14 bits per heavy atom. The molecule has 5 heteroatoms. The molecule has 1 atom stereocenters. The molecule has 3 aromatic rings. The van der Waals surface area contributed by atoms with Crippen LogP contribution in [0.3, 0.4) is 0 Å². The van der Waals surface area contributed by atoms with Crippen molar-refractivity contribution >= 4 is 17.1 Å². The fourth-order valence-corrected chi connectivity index (χ4v) is 4.86. The Morgan fingerprint density at radius 1 is 1.28 bits per heavy atom. The van der Waals surface area contributed by atoms with Gasteiger partial charge in [-0.05, 0) is 55.5 Å². The maximum absolute atomic E-state index is 11.7. The van der Waals surface area contributed by atoms with Gasteiger partial charge < -0.3 is 0 Å². The second-order valence-electron chi connectivity index (χ2n) is 8.15. The zero-order valence-corrected chi connectivity index (χ0v) is 18.1. The number of carbonyl (C=O) groups excluding carboxylic acids is 1. The van der Waals surface area contributed by atoms with Gasteiger partial charge in [-0.1, -0.05) is 32.0 Å².